The highest BCUT2D eigenvalue weighted by Crippen LogP contribution is 2.32. The van der Waals surface area contributed by atoms with Crippen LogP contribution in [0.4, 0.5) is 0 Å². The second-order valence-electron chi connectivity index (χ2n) is 6.71. The number of aromatic nitrogens is 2. The summed E-state index contributed by atoms with van der Waals surface area (Å²) in [5.74, 6) is -0.134. The molecule has 1 unspecified atom stereocenters. The van der Waals surface area contributed by atoms with Gasteiger partial charge in [0.1, 0.15) is 0 Å². The van der Waals surface area contributed by atoms with Gasteiger partial charge in [-0.1, -0.05) is 60.2 Å². The van der Waals surface area contributed by atoms with Crippen molar-refractivity contribution in [1.82, 2.24) is 14.0 Å². The first kappa shape index (κ1) is 17.5. The molecule has 0 bridgehead atoms. The van der Waals surface area contributed by atoms with Crippen molar-refractivity contribution >= 4 is 15.7 Å². The van der Waals surface area contributed by atoms with Crippen molar-refractivity contribution < 1.29 is 8.42 Å². The average Bonchev–Trinajstić information content (AvgIpc) is 3.30. The summed E-state index contributed by atoms with van der Waals surface area (Å²) in [6.45, 7) is 2.28. The Morgan fingerprint density at radius 2 is 1.85 bits per heavy atom. The van der Waals surface area contributed by atoms with Crippen LogP contribution in [0.2, 0.25) is 0 Å². The summed E-state index contributed by atoms with van der Waals surface area (Å²) in [6, 6.07) is 17.8. The van der Waals surface area contributed by atoms with Crippen molar-refractivity contribution in [2.45, 2.75) is 17.9 Å². The third-order valence-electron chi connectivity index (χ3n) is 4.63. The number of rotatable bonds is 4. The van der Waals surface area contributed by atoms with Gasteiger partial charge in [-0.15, -0.1) is 0 Å². The lowest BCUT2D eigenvalue weighted by Gasteiger charge is -2.16. The maximum atomic E-state index is 13.0. The van der Waals surface area contributed by atoms with Gasteiger partial charge in [0.15, 0.2) is 5.03 Å². The molecule has 0 radical (unpaired) electrons. The summed E-state index contributed by atoms with van der Waals surface area (Å²) < 4.78 is 28.8. The van der Waals surface area contributed by atoms with Crippen LogP contribution in [-0.4, -0.2) is 34.6 Å². The normalized spacial score (nSPS) is 17.2. The molecule has 27 heavy (non-hydrogen) atoms. The highest BCUT2D eigenvalue weighted by Gasteiger charge is 2.37. The summed E-state index contributed by atoms with van der Waals surface area (Å²) in [5, 5.41) is 4.52. The van der Waals surface area contributed by atoms with E-state index in [0.29, 0.717) is 0 Å². The van der Waals surface area contributed by atoms with E-state index >= 15 is 0 Å². The molecule has 0 fully saturated rings. The molecule has 138 valence electrons. The number of hydrazone groups is 1. The van der Waals surface area contributed by atoms with Crippen molar-refractivity contribution in [2.75, 3.05) is 6.54 Å². The van der Waals surface area contributed by atoms with Gasteiger partial charge >= 0.3 is 0 Å². The van der Waals surface area contributed by atoms with E-state index < -0.39 is 10.0 Å². The van der Waals surface area contributed by atoms with Crippen LogP contribution < -0.4 is 0 Å². The van der Waals surface area contributed by atoms with Crippen molar-refractivity contribution in [1.29, 1.82) is 0 Å². The van der Waals surface area contributed by atoms with Gasteiger partial charge in [-0.3, -0.25) is 0 Å². The molecule has 2 heterocycles. The SMILES string of the molecule is Cc1cccc(C2CN(S(=O)(=O)c3cn(C)cn3)N=C2c2ccccc2)c1. The Balaban J connectivity index is 1.79. The molecule has 0 amide bonds. The molecule has 0 saturated heterocycles. The average molecular weight is 380 g/mol. The van der Waals surface area contributed by atoms with E-state index in [1.807, 2.05) is 55.5 Å². The Morgan fingerprint density at radius 1 is 1.07 bits per heavy atom. The lowest BCUT2D eigenvalue weighted by Crippen LogP contribution is -2.26. The first-order chi connectivity index (χ1) is 12.9. The fourth-order valence-corrected chi connectivity index (χ4v) is 4.51. The Kier molecular flexibility index (Phi) is 4.31. The highest BCUT2D eigenvalue weighted by atomic mass is 32.2. The first-order valence-corrected chi connectivity index (χ1v) is 10.1. The Hall–Kier alpha value is -2.93. The summed E-state index contributed by atoms with van der Waals surface area (Å²) in [5.41, 5.74) is 3.85. The van der Waals surface area contributed by atoms with Gasteiger partial charge in [0, 0.05) is 19.2 Å². The number of hydrogen-bond donors (Lipinski definition) is 0. The summed E-state index contributed by atoms with van der Waals surface area (Å²) in [7, 11) is -2.06. The second-order valence-corrected chi connectivity index (χ2v) is 8.50. The van der Waals surface area contributed by atoms with E-state index in [0.717, 1.165) is 22.4 Å². The maximum absolute atomic E-state index is 13.0. The second kappa shape index (κ2) is 6.66. The lowest BCUT2D eigenvalue weighted by atomic mass is 9.90. The minimum absolute atomic E-state index is 0.00561. The predicted octanol–water partition coefficient (Wildman–Crippen LogP) is 2.92. The molecule has 1 atom stereocenters. The monoisotopic (exact) mass is 380 g/mol. The van der Waals surface area contributed by atoms with Crippen LogP contribution >= 0.6 is 0 Å². The van der Waals surface area contributed by atoms with Crippen LogP contribution in [0.25, 0.3) is 0 Å². The van der Waals surface area contributed by atoms with Crippen LogP contribution in [0.15, 0.2) is 77.2 Å². The van der Waals surface area contributed by atoms with Gasteiger partial charge in [0.05, 0.1) is 18.6 Å². The molecule has 0 N–H and O–H groups in total. The van der Waals surface area contributed by atoms with Gasteiger partial charge in [0.2, 0.25) is 0 Å². The first-order valence-electron chi connectivity index (χ1n) is 8.66. The van der Waals surface area contributed by atoms with Crippen molar-refractivity contribution in [3.63, 3.8) is 0 Å². The van der Waals surface area contributed by atoms with Gasteiger partial charge < -0.3 is 4.57 Å². The molecule has 6 nitrogen and oxygen atoms in total. The number of aryl methyl sites for hydroxylation is 2. The molecule has 0 spiro atoms. The third kappa shape index (κ3) is 3.26. The minimum atomic E-state index is -3.80. The van der Waals surface area contributed by atoms with Crippen LogP contribution in [0.1, 0.15) is 22.6 Å². The van der Waals surface area contributed by atoms with Crippen molar-refractivity contribution in [3.05, 3.63) is 83.8 Å². The molecule has 0 saturated carbocycles. The van der Waals surface area contributed by atoms with Crippen molar-refractivity contribution in [2.24, 2.45) is 12.1 Å². The van der Waals surface area contributed by atoms with E-state index in [4.69, 9.17) is 0 Å². The lowest BCUT2D eigenvalue weighted by molar-refractivity contribution is 0.449. The zero-order valence-corrected chi connectivity index (χ0v) is 16.0. The van der Waals surface area contributed by atoms with E-state index in [1.165, 1.54) is 16.9 Å². The van der Waals surface area contributed by atoms with Crippen LogP contribution in [0.5, 0.6) is 0 Å². The van der Waals surface area contributed by atoms with Gasteiger partial charge in [-0.05, 0) is 18.1 Å². The van der Waals surface area contributed by atoms with Crippen LogP contribution in [0.3, 0.4) is 0 Å². The molecule has 1 aliphatic heterocycles. The largest absolute Gasteiger partial charge is 0.339 e. The molecular weight excluding hydrogens is 360 g/mol. The van der Waals surface area contributed by atoms with Gasteiger partial charge in [-0.2, -0.15) is 17.9 Å². The van der Waals surface area contributed by atoms with Crippen LogP contribution in [0, 0.1) is 6.92 Å². The fraction of sp³-hybridized carbons (Fsp3) is 0.200. The Bertz CT molecular complexity index is 1100. The van der Waals surface area contributed by atoms with E-state index in [1.54, 1.807) is 11.6 Å². The van der Waals surface area contributed by atoms with E-state index in [-0.39, 0.29) is 17.5 Å². The number of hydrogen-bond acceptors (Lipinski definition) is 4. The molecule has 0 aliphatic carbocycles. The molecule has 7 heteroatoms. The molecule has 1 aromatic heterocycles. The van der Waals surface area contributed by atoms with Gasteiger partial charge in [-0.25, -0.2) is 4.98 Å². The quantitative estimate of drug-likeness (QED) is 0.699. The Morgan fingerprint density at radius 3 is 2.52 bits per heavy atom. The van der Waals surface area contributed by atoms with Crippen LogP contribution in [-0.2, 0) is 17.1 Å². The smallest absolute Gasteiger partial charge is 0.298 e. The van der Waals surface area contributed by atoms with E-state index in [2.05, 4.69) is 16.2 Å². The molecule has 2 aromatic carbocycles. The fourth-order valence-electron chi connectivity index (χ4n) is 3.27. The number of nitrogens with zero attached hydrogens (tertiary/aromatic N) is 4. The highest BCUT2D eigenvalue weighted by molar-refractivity contribution is 7.89. The summed E-state index contributed by atoms with van der Waals surface area (Å²) in [4.78, 5) is 4.01. The molecule has 1 aliphatic rings. The standard InChI is InChI=1S/C20H20N4O2S/c1-15-7-6-10-17(11-15)18-12-24(22-20(18)16-8-4-3-5-9-16)27(25,26)19-13-23(2)14-21-19/h3-11,13-14,18H,12H2,1-2H3. The molecular formula is C20H20N4O2S. The number of imidazole rings is 1. The number of sulfonamides is 1. The number of benzene rings is 2. The topological polar surface area (TPSA) is 67.6 Å². The summed E-state index contributed by atoms with van der Waals surface area (Å²) >= 11 is 0. The zero-order valence-electron chi connectivity index (χ0n) is 15.1. The summed E-state index contributed by atoms with van der Waals surface area (Å²) in [6.07, 6.45) is 2.97. The minimum Gasteiger partial charge on any atom is -0.339 e. The molecule has 3 aromatic rings. The van der Waals surface area contributed by atoms with Gasteiger partial charge in [0.25, 0.3) is 10.0 Å². The van der Waals surface area contributed by atoms with Crippen molar-refractivity contribution in [3.8, 4) is 0 Å². The Labute approximate surface area is 158 Å². The predicted molar refractivity (Wildman–Crippen MR) is 104 cm³/mol. The maximum Gasteiger partial charge on any atom is 0.298 e. The molecule has 4 rings (SSSR count). The van der Waals surface area contributed by atoms with E-state index in [9.17, 15) is 8.42 Å². The third-order valence-corrected chi connectivity index (χ3v) is 6.15. The zero-order chi connectivity index (χ0) is 19.0.